The summed E-state index contributed by atoms with van der Waals surface area (Å²) >= 11 is 7.70. The van der Waals surface area contributed by atoms with Gasteiger partial charge in [0.15, 0.2) is 10.8 Å². The normalized spacial score (nSPS) is 14.4. The van der Waals surface area contributed by atoms with Crippen LogP contribution < -0.4 is 4.74 Å². The predicted molar refractivity (Wildman–Crippen MR) is 89.3 cm³/mol. The summed E-state index contributed by atoms with van der Waals surface area (Å²) in [6.07, 6.45) is 7.68. The monoisotopic (exact) mass is 347 g/mol. The number of aromatic nitrogens is 5. The number of hydrogen-bond donors (Lipinski definition) is 0. The van der Waals surface area contributed by atoms with Crippen LogP contribution in [0.5, 0.6) is 5.75 Å². The van der Waals surface area contributed by atoms with Crippen LogP contribution in [0.4, 0.5) is 0 Å². The van der Waals surface area contributed by atoms with E-state index in [-0.39, 0.29) is 0 Å². The van der Waals surface area contributed by atoms with Crippen molar-refractivity contribution in [1.29, 1.82) is 0 Å². The van der Waals surface area contributed by atoms with E-state index in [0.717, 1.165) is 24.3 Å². The lowest BCUT2D eigenvalue weighted by Gasteiger charge is -2.06. The number of thioether (sulfide) groups is 1. The molecule has 0 N–H and O–H groups in total. The first kappa shape index (κ1) is 14.7. The minimum atomic E-state index is 0.473. The van der Waals surface area contributed by atoms with Gasteiger partial charge in [0.2, 0.25) is 0 Å². The number of rotatable bonds is 4. The molecule has 3 aromatic heterocycles. The quantitative estimate of drug-likeness (QED) is 0.532. The van der Waals surface area contributed by atoms with E-state index in [1.807, 2.05) is 18.5 Å². The largest absolute Gasteiger partial charge is 0.495 e. The molecule has 23 heavy (non-hydrogen) atoms. The zero-order valence-electron chi connectivity index (χ0n) is 12.7. The maximum Gasteiger partial charge on any atom is 0.187 e. The topological polar surface area (TPSA) is 65.2 Å². The zero-order valence-corrected chi connectivity index (χ0v) is 14.2. The first-order valence-corrected chi connectivity index (χ1v) is 8.81. The molecule has 8 heteroatoms. The molecule has 1 aliphatic carbocycles. The van der Waals surface area contributed by atoms with Crippen molar-refractivity contribution < 1.29 is 4.74 Å². The highest BCUT2D eigenvalue weighted by Crippen LogP contribution is 2.43. The number of methoxy groups -OCH3 is 1. The van der Waals surface area contributed by atoms with Crippen molar-refractivity contribution >= 4 is 29.0 Å². The van der Waals surface area contributed by atoms with Crippen molar-refractivity contribution in [1.82, 2.24) is 24.6 Å². The van der Waals surface area contributed by atoms with Crippen molar-refractivity contribution in [2.75, 3.05) is 13.4 Å². The molecule has 3 aromatic rings. The van der Waals surface area contributed by atoms with Crippen LogP contribution in [-0.2, 0) is 0 Å². The Bertz CT molecular complexity index is 893. The van der Waals surface area contributed by atoms with Crippen LogP contribution >= 0.6 is 23.4 Å². The zero-order chi connectivity index (χ0) is 16.0. The summed E-state index contributed by atoms with van der Waals surface area (Å²) in [4.78, 5) is 13.2. The van der Waals surface area contributed by atoms with Gasteiger partial charge in [0, 0.05) is 12.0 Å². The first-order chi connectivity index (χ1) is 11.2. The second kappa shape index (κ2) is 5.65. The summed E-state index contributed by atoms with van der Waals surface area (Å²) < 4.78 is 7.23. The SMILES string of the molecule is COc1cc2nc(-c3nc(SC)ncc3Cl)cn2nc1C1CC1. The Morgan fingerprint density at radius 1 is 1.35 bits per heavy atom. The van der Waals surface area contributed by atoms with E-state index in [4.69, 9.17) is 16.3 Å². The number of nitrogens with zero attached hydrogens (tertiary/aromatic N) is 5. The average Bonchev–Trinajstić information content (AvgIpc) is 3.33. The lowest BCUT2D eigenvalue weighted by molar-refractivity contribution is 0.405. The molecule has 0 atom stereocenters. The van der Waals surface area contributed by atoms with Crippen LogP contribution in [-0.4, -0.2) is 37.9 Å². The highest BCUT2D eigenvalue weighted by atomic mass is 35.5. The summed E-state index contributed by atoms with van der Waals surface area (Å²) in [5, 5.41) is 5.79. The van der Waals surface area contributed by atoms with E-state index in [9.17, 15) is 0 Å². The second-order valence-corrected chi connectivity index (χ2v) is 6.53. The lowest BCUT2D eigenvalue weighted by Crippen LogP contribution is -2.00. The number of imidazole rings is 1. The highest BCUT2D eigenvalue weighted by molar-refractivity contribution is 7.98. The molecule has 0 aromatic carbocycles. The molecule has 6 nitrogen and oxygen atoms in total. The van der Waals surface area contributed by atoms with Gasteiger partial charge in [-0.3, -0.25) is 0 Å². The van der Waals surface area contributed by atoms with E-state index in [1.165, 1.54) is 11.8 Å². The van der Waals surface area contributed by atoms with Gasteiger partial charge in [-0.1, -0.05) is 23.4 Å². The standard InChI is InChI=1S/C15H14ClN5OS/c1-22-11-5-12-18-10(7-21(12)20-13(11)8-3-4-8)14-9(16)6-17-15(19-14)23-2/h5-8H,3-4H2,1-2H3. The van der Waals surface area contributed by atoms with Crippen molar-refractivity contribution in [2.24, 2.45) is 0 Å². The molecule has 0 aliphatic heterocycles. The van der Waals surface area contributed by atoms with E-state index in [2.05, 4.69) is 20.1 Å². The average molecular weight is 348 g/mol. The van der Waals surface area contributed by atoms with Crippen molar-refractivity contribution in [3.63, 3.8) is 0 Å². The van der Waals surface area contributed by atoms with Crippen LogP contribution in [0, 0.1) is 0 Å². The lowest BCUT2D eigenvalue weighted by atomic mass is 10.2. The smallest absolute Gasteiger partial charge is 0.187 e. The van der Waals surface area contributed by atoms with Crippen LogP contribution in [0.2, 0.25) is 5.02 Å². The highest BCUT2D eigenvalue weighted by Gasteiger charge is 2.29. The fourth-order valence-electron chi connectivity index (χ4n) is 2.47. The third kappa shape index (κ3) is 2.64. The Balaban J connectivity index is 1.85. The van der Waals surface area contributed by atoms with Gasteiger partial charge < -0.3 is 4.74 Å². The predicted octanol–water partition coefficient (Wildman–Crippen LogP) is 3.45. The van der Waals surface area contributed by atoms with E-state index in [0.29, 0.717) is 33.1 Å². The minimum Gasteiger partial charge on any atom is -0.495 e. The summed E-state index contributed by atoms with van der Waals surface area (Å²) in [5.41, 5.74) is 2.99. The summed E-state index contributed by atoms with van der Waals surface area (Å²) in [6.45, 7) is 0. The van der Waals surface area contributed by atoms with Crippen LogP contribution in [0.15, 0.2) is 23.6 Å². The Morgan fingerprint density at radius 3 is 2.87 bits per heavy atom. The molecule has 0 spiro atoms. The van der Waals surface area contributed by atoms with E-state index in [1.54, 1.807) is 17.8 Å². The van der Waals surface area contributed by atoms with Gasteiger partial charge in [0.25, 0.3) is 0 Å². The van der Waals surface area contributed by atoms with Crippen LogP contribution in [0.3, 0.4) is 0 Å². The van der Waals surface area contributed by atoms with Crippen LogP contribution in [0.1, 0.15) is 24.5 Å². The number of fused-ring (bicyclic) bond motifs is 1. The van der Waals surface area contributed by atoms with Gasteiger partial charge in [0.05, 0.1) is 24.5 Å². The number of ether oxygens (including phenoxy) is 1. The van der Waals surface area contributed by atoms with Crippen molar-refractivity contribution in [3.05, 3.63) is 29.2 Å². The third-order valence-corrected chi connectivity index (χ3v) is 4.61. The van der Waals surface area contributed by atoms with Crippen molar-refractivity contribution in [3.8, 4) is 17.1 Å². The fourth-order valence-corrected chi connectivity index (χ4v) is 3.00. The van der Waals surface area contributed by atoms with Gasteiger partial charge >= 0.3 is 0 Å². The first-order valence-electron chi connectivity index (χ1n) is 7.21. The molecule has 0 amide bonds. The minimum absolute atomic E-state index is 0.473. The summed E-state index contributed by atoms with van der Waals surface area (Å²) in [5.74, 6) is 1.28. The molecule has 3 heterocycles. The van der Waals surface area contributed by atoms with Gasteiger partial charge in [-0.25, -0.2) is 19.5 Å². The molecule has 0 bridgehead atoms. The Hall–Kier alpha value is -1.86. The summed E-state index contributed by atoms with van der Waals surface area (Å²) in [6, 6.07) is 1.91. The Morgan fingerprint density at radius 2 is 2.17 bits per heavy atom. The van der Waals surface area contributed by atoms with Gasteiger partial charge in [-0.15, -0.1) is 0 Å². The molecule has 4 rings (SSSR count). The number of halogens is 1. The molecule has 0 unspecified atom stereocenters. The number of hydrogen-bond acceptors (Lipinski definition) is 6. The maximum absolute atomic E-state index is 6.24. The third-order valence-electron chi connectivity index (χ3n) is 3.77. The fraction of sp³-hybridized carbons (Fsp3) is 0.333. The Labute approximate surface area is 142 Å². The molecule has 0 saturated heterocycles. The van der Waals surface area contributed by atoms with E-state index >= 15 is 0 Å². The molecule has 1 aliphatic rings. The molecule has 1 fully saturated rings. The molecular weight excluding hydrogens is 334 g/mol. The molecule has 0 radical (unpaired) electrons. The Kier molecular flexibility index (Phi) is 3.61. The van der Waals surface area contributed by atoms with E-state index < -0.39 is 0 Å². The maximum atomic E-state index is 6.24. The van der Waals surface area contributed by atoms with Gasteiger partial charge in [0.1, 0.15) is 22.8 Å². The second-order valence-electron chi connectivity index (χ2n) is 5.35. The summed E-state index contributed by atoms with van der Waals surface area (Å²) in [7, 11) is 1.66. The molecule has 118 valence electrons. The van der Waals surface area contributed by atoms with Crippen molar-refractivity contribution in [2.45, 2.75) is 23.9 Å². The molecule has 1 saturated carbocycles. The molecular formula is C15H14ClN5OS. The van der Waals surface area contributed by atoms with Gasteiger partial charge in [-0.2, -0.15) is 5.10 Å². The van der Waals surface area contributed by atoms with Crippen LogP contribution in [0.25, 0.3) is 17.0 Å². The van der Waals surface area contributed by atoms with Gasteiger partial charge in [-0.05, 0) is 19.1 Å².